The minimum Gasteiger partial charge on any atom is -0.495 e. The molecule has 0 saturated carbocycles. The number of hydrogen-bond donors (Lipinski definition) is 2. The van der Waals surface area contributed by atoms with Crippen molar-refractivity contribution in [3.8, 4) is 5.75 Å². The summed E-state index contributed by atoms with van der Waals surface area (Å²) in [5.41, 5.74) is 9.30. The summed E-state index contributed by atoms with van der Waals surface area (Å²) in [6.45, 7) is 0. The standard InChI is InChI=1S/C22H22N2O2/c1-26-21-13-12-18(14-20(21)23)24-22(25)15-19(16-8-4-2-5-9-16)17-10-6-3-7-11-17/h2-14,19H,15,23H2,1H3,(H,24,25). The van der Waals surface area contributed by atoms with Crippen molar-refractivity contribution in [2.75, 3.05) is 18.2 Å². The van der Waals surface area contributed by atoms with Crippen LogP contribution in [-0.2, 0) is 4.79 Å². The second-order valence-corrected chi connectivity index (χ2v) is 6.08. The molecular weight excluding hydrogens is 324 g/mol. The summed E-state index contributed by atoms with van der Waals surface area (Å²) in [6.07, 6.45) is 0.347. The lowest BCUT2D eigenvalue weighted by Gasteiger charge is -2.18. The highest BCUT2D eigenvalue weighted by Gasteiger charge is 2.18. The molecule has 0 aliphatic carbocycles. The van der Waals surface area contributed by atoms with Gasteiger partial charge in [0, 0.05) is 18.0 Å². The SMILES string of the molecule is COc1ccc(NC(=O)CC(c2ccccc2)c2ccccc2)cc1N. The first-order chi connectivity index (χ1) is 12.7. The summed E-state index contributed by atoms with van der Waals surface area (Å²) in [5, 5.41) is 2.93. The van der Waals surface area contributed by atoms with E-state index in [1.54, 1.807) is 25.3 Å². The number of carbonyl (C=O) groups is 1. The highest BCUT2D eigenvalue weighted by molar-refractivity contribution is 5.92. The Bertz CT molecular complexity index is 824. The first kappa shape index (κ1) is 17.5. The maximum atomic E-state index is 12.7. The number of nitrogen functional groups attached to an aromatic ring is 1. The minimum absolute atomic E-state index is 0.00649. The second kappa shape index (κ2) is 8.21. The first-order valence-electron chi connectivity index (χ1n) is 8.50. The van der Waals surface area contributed by atoms with Gasteiger partial charge in [-0.05, 0) is 29.3 Å². The van der Waals surface area contributed by atoms with Crippen LogP contribution in [0.2, 0.25) is 0 Å². The van der Waals surface area contributed by atoms with Crippen molar-refractivity contribution in [1.29, 1.82) is 0 Å². The van der Waals surface area contributed by atoms with E-state index in [1.807, 2.05) is 36.4 Å². The van der Waals surface area contributed by atoms with Gasteiger partial charge in [0.2, 0.25) is 5.91 Å². The number of methoxy groups -OCH3 is 1. The third kappa shape index (κ3) is 4.22. The molecule has 3 N–H and O–H groups in total. The van der Waals surface area contributed by atoms with E-state index in [9.17, 15) is 4.79 Å². The average molecular weight is 346 g/mol. The van der Waals surface area contributed by atoms with Crippen LogP contribution in [0.15, 0.2) is 78.9 Å². The quantitative estimate of drug-likeness (QED) is 0.649. The molecule has 4 nitrogen and oxygen atoms in total. The Balaban J connectivity index is 1.79. The van der Waals surface area contributed by atoms with E-state index >= 15 is 0 Å². The minimum atomic E-state index is -0.0627. The predicted molar refractivity (Wildman–Crippen MR) is 105 cm³/mol. The molecule has 0 fully saturated rings. The van der Waals surface area contributed by atoms with Gasteiger partial charge in [-0.25, -0.2) is 0 Å². The molecule has 3 aromatic rings. The Morgan fingerprint density at radius 3 is 2.04 bits per heavy atom. The van der Waals surface area contributed by atoms with Crippen molar-refractivity contribution in [2.45, 2.75) is 12.3 Å². The summed E-state index contributed by atoms with van der Waals surface area (Å²) in [5.74, 6) is 0.523. The topological polar surface area (TPSA) is 64.3 Å². The highest BCUT2D eigenvalue weighted by atomic mass is 16.5. The molecule has 0 aliphatic rings. The maximum absolute atomic E-state index is 12.7. The predicted octanol–water partition coefficient (Wildman–Crippen LogP) is 4.44. The molecule has 26 heavy (non-hydrogen) atoms. The van der Waals surface area contributed by atoms with E-state index in [1.165, 1.54) is 0 Å². The third-order valence-corrected chi connectivity index (χ3v) is 4.31. The number of amides is 1. The smallest absolute Gasteiger partial charge is 0.225 e. The monoisotopic (exact) mass is 346 g/mol. The molecule has 3 rings (SSSR count). The van der Waals surface area contributed by atoms with Crippen molar-refractivity contribution in [3.05, 3.63) is 90.0 Å². The van der Waals surface area contributed by atoms with Crippen LogP contribution in [0.1, 0.15) is 23.5 Å². The lowest BCUT2D eigenvalue weighted by molar-refractivity contribution is -0.116. The summed E-state index contributed by atoms with van der Waals surface area (Å²) < 4.78 is 5.15. The molecule has 132 valence electrons. The second-order valence-electron chi connectivity index (χ2n) is 6.08. The molecular formula is C22H22N2O2. The molecule has 0 aromatic heterocycles. The number of anilines is 2. The van der Waals surface area contributed by atoms with Gasteiger partial charge in [-0.15, -0.1) is 0 Å². The molecule has 0 unspecified atom stereocenters. The molecule has 0 atom stereocenters. The van der Waals surface area contributed by atoms with Gasteiger partial charge in [-0.3, -0.25) is 4.79 Å². The lowest BCUT2D eigenvalue weighted by Crippen LogP contribution is -2.16. The van der Waals surface area contributed by atoms with Gasteiger partial charge in [0.1, 0.15) is 5.75 Å². The zero-order chi connectivity index (χ0) is 18.4. The molecule has 1 amide bonds. The van der Waals surface area contributed by atoms with Gasteiger partial charge in [-0.1, -0.05) is 60.7 Å². The highest BCUT2D eigenvalue weighted by Crippen LogP contribution is 2.29. The summed E-state index contributed by atoms with van der Waals surface area (Å²) >= 11 is 0. The summed E-state index contributed by atoms with van der Waals surface area (Å²) in [4.78, 5) is 12.7. The molecule has 0 saturated heterocycles. The lowest BCUT2D eigenvalue weighted by atomic mass is 9.88. The zero-order valence-electron chi connectivity index (χ0n) is 14.7. The van der Waals surface area contributed by atoms with E-state index in [2.05, 4.69) is 29.6 Å². The van der Waals surface area contributed by atoms with Gasteiger partial charge in [0.25, 0.3) is 0 Å². The number of nitrogens with one attached hydrogen (secondary N) is 1. The van der Waals surface area contributed by atoms with Gasteiger partial charge in [-0.2, -0.15) is 0 Å². The Morgan fingerprint density at radius 2 is 1.54 bits per heavy atom. The van der Waals surface area contributed by atoms with Crippen molar-refractivity contribution in [3.63, 3.8) is 0 Å². The van der Waals surface area contributed by atoms with Crippen LogP contribution in [0.3, 0.4) is 0 Å². The fourth-order valence-electron chi connectivity index (χ4n) is 3.01. The molecule has 0 aliphatic heterocycles. The van der Waals surface area contributed by atoms with E-state index in [0.717, 1.165) is 11.1 Å². The average Bonchev–Trinajstić information content (AvgIpc) is 2.68. The number of benzene rings is 3. The molecule has 0 spiro atoms. The van der Waals surface area contributed by atoms with Crippen molar-refractivity contribution in [2.24, 2.45) is 0 Å². The maximum Gasteiger partial charge on any atom is 0.225 e. The Kier molecular flexibility index (Phi) is 5.54. The van der Waals surface area contributed by atoms with Crippen LogP contribution >= 0.6 is 0 Å². The first-order valence-corrected chi connectivity index (χ1v) is 8.50. The van der Waals surface area contributed by atoms with Crippen LogP contribution in [-0.4, -0.2) is 13.0 Å². The summed E-state index contributed by atoms with van der Waals surface area (Å²) in [7, 11) is 1.56. The van der Waals surface area contributed by atoms with E-state index < -0.39 is 0 Å². The zero-order valence-corrected chi connectivity index (χ0v) is 14.7. The number of rotatable bonds is 6. The normalized spacial score (nSPS) is 10.5. The van der Waals surface area contributed by atoms with Crippen LogP contribution in [0.5, 0.6) is 5.75 Å². The number of hydrogen-bond acceptors (Lipinski definition) is 3. The Hall–Kier alpha value is -3.27. The summed E-state index contributed by atoms with van der Waals surface area (Å²) in [6, 6.07) is 25.4. The number of nitrogens with two attached hydrogens (primary N) is 1. The van der Waals surface area contributed by atoms with Crippen molar-refractivity contribution in [1.82, 2.24) is 0 Å². The van der Waals surface area contributed by atoms with Crippen molar-refractivity contribution >= 4 is 17.3 Å². The van der Waals surface area contributed by atoms with Crippen LogP contribution in [0.4, 0.5) is 11.4 Å². The van der Waals surface area contributed by atoms with Crippen molar-refractivity contribution < 1.29 is 9.53 Å². The van der Waals surface area contributed by atoms with E-state index in [-0.39, 0.29) is 11.8 Å². The molecule has 4 heteroatoms. The van der Waals surface area contributed by atoms with E-state index in [0.29, 0.717) is 23.5 Å². The fraction of sp³-hybridized carbons (Fsp3) is 0.136. The molecule has 0 radical (unpaired) electrons. The van der Waals surface area contributed by atoms with Gasteiger partial charge in [0.15, 0.2) is 0 Å². The van der Waals surface area contributed by atoms with Crippen LogP contribution in [0, 0.1) is 0 Å². The third-order valence-electron chi connectivity index (χ3n) is 4.31. The van der Waals surface area contributed by atoms with Crippen LogP contribution in [0.25, 0.3) is 0 Å². The number of ether oxygens (including phenoxy) is 1. The Labute approximate surface area is 153 Å². The fourth-order valence-corrected chi connectivity index (χ4v) is 3.01. The molecule has 0 heterocycles. The van der Waals surface area contributed by atoms with Gasteiger partial charge >= 0.3 is 0 Å². The molecule has 3 aromatic carbocycles. The van der Waals surface area contributed by atoms with Gasteiger partial charge in [0.05, 0.1) is 12.8 Å². The number of carbonyl (C=O) groups excluding carboxylic acids is 1. The van der Waals surface area contributed by atoms with Crippen LogP contribution < -0.4 is 15.8 Å². The largest absolute Gasteiger partial charge is 0.495 e. The van der Waals surface area contributed by atoms with E-state index in [4.69, 9.17) is 10.5 Å². The van der Waals surface area contributed by atoms with Gasteiger partial charge < -0.3 is 15.8 Å². The molecule has 0 bridgehead atoms. The Morgan fingerprint density at radius 1 is 0.962 bits per heavy atom.